The number of Topliss-reactive ketones (excluding diaryl/α,β-unsaturated/α-hetero) is 1. The third kappa shape index (κ3) is 3.46. The molecule has 0 bridgehead atoms. The van der Waals surface area contributed by atoms with E-state index in [0.717, 1.165) is 0 Å². The molecule has 3 aromatic rings. The minimum absolute atomic E-state index is 0.00787. The SMILES string of the molecule is CC(C)CC(=O)Cn1c(=O)c2cc(O)ccc2n1-c1cccc(Cl)c1. The molecular formula is C19H19ClN2O3. The molecule has 2 aromatic carbocycles. The van der Waals surface area contributed by atoms with Crippen LogP contribution in [0.5, 0.6) is 5.75 Å². The maximum absolute atomic E-state index is 12.8. The molecule has 0 aliphatic rings. The second-order valence-electron chi connectivity index (χ2n) is 6.49. The fraction of sp³-hybridized carbons (Fsp3) is 0.263. The minimum Gasteiger partial charge on any atom is -0.508 e. The van der Waals surface area contributed by atoms with Crippen molar-refractivity contribution < 1.29 is 9.90 Å². The minimum atomic E-state index is -0.317. The number of aromatic nitrogens is 2. The van der Waals surface area contributed by atoms with Gasteiger partial charge in [0.2, 0.25) is 0 Å². The van der Waals surface area contributed by atoms with Crippen molar-refractivity contribution in [1.82, 2.24) is 9.36 Å². The lowest BCUT2D eigenvalue weighted by Crippen LogP contribution is -2.27. The molecule has 0 spiro atoms. The third-order valence-corrected chi connectivity index (χ3v) is 4.16. The van der Waals surface area contributed by atoms with Crippen LogP contribution in [0.2, 0.25) is 5.02 Å². The number of aromatic hydroxyl groups is 1. The normalized spacial score (nSPS) is 11.4. The molecule has 1 aromatic heterocycles. The topological polar surface area (TPSA) is 64.2 Å². The van der Waals surface area contributed by atoms with Crippen LogP contribution in [0.4, 0.5) is 0 Å². The van der Waals surface area contributed by atoms with E-state index in [-0.39, 0.29) is 29.6 Å². The molecule has 0 unspecified atom stereocenters. The van der Waals surface area contributed by atoms with Gasteiger partial charge in [-0.3, -0.25) is 9.59 Å². The van der Waals surface area contributed by atoms with Crippen molar-refractivity contribution in [2.75, 3.05) is 0 Å². The van der Waals surface area contributed by atoms with E-state index in [0.29, 0.717) is 28.0 Å². The van der Waals surface area contributed by atoms with Crippen LogP contribution < -0.4 is 5.56 Å². The van der Waals surface area contributed by atoms with Crippen LogP contribution in [0, 0.1) is 5.92 Å². The molecule has 0 saturated heterocycles. The molecule has 6 heteroatoms. The average molecular weight is 359 g/mol. The van der Waals surface area contributed by atoms with Gasteiger partial charge in [0.05, 0.1) is 16.6 Å². The van der Waals surface area contributed by atoms with E-state index in [9.17, 15) is 14.7 Å². The first-order valence-corrected chi connectivity index (χ1v) is 8.47. The quantitative estimate of drug-likeness (QED) is 0.755. The highest BCUT2D eigenvalue weighted by atomic mass is 35.5. The summed E-state index contributed by atoms with van der Waals surface area (Å²) in [5, 5.41) is 10.6. The standard InChI is InChI=1S/C19H19ClN2O3/c1-12(2)8-16(24)11-21-19(25)17-10-15(23)6-7-18(17)22(21)14-5-3-4-13(20)9-14/h3-7,9-10,12,23H,8,11H2,1-2H3. The van der Waals surface area contributed by atoms with Gasteiger partial charge >= 0.3 is 0 Å². The predicted octanol–water partition coefficient (Wildman–Crippen LogP) is 3.77. The van der Waals surface area contributed by atoms with Crippen LogP contribution in [0.3, 0.4) is 0 Å². The van der Waals surface area contributed by atoms with Gasteiger partial charge < -0.3 is 5.11 Å². The Bertz CT molecular complexity index is 1000. The highest BCUT2D eigenvalue weighted by Gasteiger charge is 2.18. The molecule has 0 aliphatic heterocycles. The smallest absolute Gasteiger partial charge is 0.275 e. The number of hydrogen-bond donors (Lipinski definition) is 1. The fourth-order valence-corrected chi connectivity index (χ4v) is 3.14. The predicted molar refractivity (Wildman–Crippen MR) is 98.7 cm³/mol. The summed E-state index contributed by atoms with van der Waals surface area (Å²) in [5.74, 6) is 0.206. The molecule has 1 heterocycles. The van der Waals surface area contributed by atoms with E-state index >= 15 is 0 Å². The number of halogens is 1. The van der Waals surface area contributed by atoms with E-state index in [1.54, 1.807) is 28.9 Å². The van der Waals surface area contributed by atoms with Gasteiger partial charge in [-0.15, -0.1) is 0 Å². The molecule has 0 radical (unpaired) electrons. The Kier molecular flexibility index (Phi) is 4.68. The Hall–Kier alpha value is -2.53. The zero-order valence-electron chi connectivity index (χ0n) is 14.1. The highest BCUT2D eigenvalue weighted by molar-refractivity contribution is 6.30. The molecule has 0 atom stereocenters. The number of benzene rings is 2. The Balaban J connectivity index is 2.23. The van der Waals surface area contributed by atoms with Crippen molar-refractivity contribution >= 4 is 28.3 Å². The monoisotopic (exact) mass is 358 g/mol. The Labute approximate surface area is 150 Å². The van der Waals surface area contributed by atoms with E-state index in [1.165, 1.54) is 16.8 Å². The van der Waals surface area contributed by atoms with Gasteiger partial charge in [-0.1, -0.05) is 31.5 Å². The van der Waals surface area contributed by atoms with Gasteiger partial charge in [0, 0.05) is 11.4 Å². The molecule has 0 saturated carbocycles. The van der Waals surface area contributed by atoms with Crippen LogP contribution in [-0.2, 0) is 11.3 Å². The van der Waals surface area contributed by atoms with Crippen molar-refractivity contribution in [3.05, 3.63) is 57.8 Å². The maximum Gasteiger partial charge on any atom is 0.275 e. The number of nitrogens with zero attached hydrogens (tertiary/aromatic N) is 2. The van der Waals surface area contributed by atoms with Crippen molar-refractivity contribution in [3.8, 4) is 11.4 Å². The van der Waals surface area contributed by atoms with Crippen molar-refractivity contribution in [1.29, 1.82) is 0 Å². The van der Waals surface area contributed by atoms with Crippen molar-refractivity contribution in [2.45, 2.75) is 26.8 Å². The number of rotatable bonds is 5. The summed E-state index contributed by atoms with van der Waals surface area (Å²) in [6.45, 7) is 3.90. The molecular weight excluding hydrogens is 340 g/mol. The van der Waals surface area contributed by atoms with Gasteiger partial charge in [-0.05, 0) is 42.3 Å². The molecule has 0 aliphatic carbocycles. The van der Waals surface area contributed by atoms with Crippen molar-refractivity contribution in [2.24, 2.45) is 5.92 Å². The number of hydrogen-bond acceptors (Lipinski definition) is 3. The highest BCUT2D eigenvalue weighted by Crippen LogP contribution is 2.23. The van der Waals surface area contributed by atoms with Gasteiger partial charge in [-0.2, -0.15) is 0 Å². The Morgan fingerprint density at radius 3 is 2.64 bits per heavy atom. The van der Waals surface area contributed by atoms with Gasteiger partial charge in [-0.25, -0.2) is 9.36 Å². The number of phenolic OH excluding ortho intramolecular Hbond substituents is 1. The summed E-state index contributed by atoms with van der Waals surface area (Å²) in [6.07, 6.45) is 0.398. The molecule has 130 valence electrons. The molecule has 0 fully saturated rings. The summed E-state index contributed by atoms with van der Waals surface area (Å²) >= 11 is 6.10. The van der Waals surface area contributed by atoms with Crippen LogP contribution in [0.15, 0.2) is 47.3 Å². The second kappa shape index (κ2) is 6.76. The molecule has 3 rings (SSSR count). The number of ketones is 1. The largest absolute Gasteiger partial charge is 0.508 e. The second-order valence-corrected chi connectivity index (χ2v) is 6.93. The Morgan fingerprint density at radius 1 is 1.20 bits per heavy atom. The number of phenols is 1. The summed E-state index contributed by atoms with van der Waals surface area (Å²) in [7, 11) is 0. The first kappa shape index (κ1) is 17.3. The zero-order valence-corrected chi connectivity index (χ0v) is 14.8. The van der Waals surface area contributed by atoms with Gasteiger partial charge in [0.1, 0.15) is 12.3 Å². The number of carbonyl (C=O) groups is 1. The van der Waals surface area contributed by atoms with E-state index in [2.05, 4.69) is 0 Å². The summed E-state index contributed by atoms with van der Waals surface area (Å²) < 4.78 is 3.09. The number of fused-ring (bicyclic) bond motifs is 1. The van der Waals surface area contributed by atoms with Gasteiger partial charge in [0.25, 0.3) is 5.56 Å². The first-order chi connectivity index (χ1) is 11.9. The van der Waals surface area contributed by atoms with Crippen LogP contribution in [0.25, 0.3) is 16.6 Å². The maximum atomic E-state index is 12.8. The van der Waals surface area contributed by atoms with E-state index < -0.39 is 0 Å². The van der Waals surface area contributed by atoms with Crippen LogP contribution in [-0.4, -0.2) is 20.3 Å². The van der Waals surface area contributed by atoms with Crippen molar-refractivity contribution in [3.63, 3.8) is 0 Å². The van der Waals surface area contributed by atoms with Gasteiger partial charge in [0.15, 0.2) is 5.78 Å². The Morgan fingerprint density at radius 2 is 1.96 bits per heavy atom. The van der Waals surface area contributed by atoms with E-state index in [1.807, 2.05) is 19.9 Å². The first-order valence-electron chi connectivity index (χ1n) is 8.09. The number of carbonyl (C=O) groups excluding carboxylic acids is 1. The lowest BCUT2D eigenvalue weighted by Gasteiger charge is -2.13. The summed E-state index contributed by atoms with van der Waals surface area (Å²) in [6, 6.07) is 11.7. The van der Waals surface area contributed by atoms with Crippen LogP contribution in [0.1, 0.15) is 20.3 Å². The fourth-order valence-electron chi connectivity index (χ4n) is 2.96. The lowest BCUT2D eigenvalue weighted by molar-refractivity contribution is -0.120. The average Bonchev–Trinajstić information content (AvgIpc) is 2.79. The molecule has 1 N–H and O–H groups in total. The zero-order chi connectivity index (χ0) is 18.1. The van der Waals surface area contributed by atoms with E-state index in [4.69, 9.17) is 11.6 Å². The third-order valence-electron chi connectivity index (χ3n) is 3.93. The molecule has 5 nitrogen and oxygen atoms in total. The molecule has 25 heavy (non-hydrogen) atoms. The summed E-state index contributed by atoms with van der Waals surface area (Å²) in [4.78, 5) is 25.1. The lowest BCUT2D eigenvalue weighted by atomic mass is 10.1. The summed E-state index contributed by atoms with van der Waals surface area (Å²) in [5.41, 5.74) is 0.980. The van der Waals surface area contributed by atoms with Crippen LogP contribution >= 0.6 is 11.6 Å². The molecule has 0 amide bonds.